The third kappa shape index (κ3) is 3.11. The summed E-state index contributed by atoms with van der Waals surface area (Å²) in [5.41, 5.74) is -0.140. The van der Waals surface area contributed by atoms with E-state index < -0.39 is 4.92 Å². The second kappa shape index (κ2) is 5.83. The van der Waals surface area contributed by atoms with E-state index in [4.69, 9.17) is 9.47 Å². The summed E-state index contributed by atoms with van der Waals surface area (Å²) in [6, 6.07) is 2.80. The van der Waals surface area contributed by atoms with Gasteiger partial charge < -0.3 is 14.8 Å². The van der Waals surface area contributed by atoms with Crippen LogP contribution in [0.5, 0.6) is 11.8 Å². The highest BCUT2D eigenvalue weighted by molar-refractivity contribution is 5.43. The number of piperidine rings is 1. The van der Waals surface area contributed by atoms with Crippen LogP contribution >= 0.6 is 0 Å². The molecular formula is C12H17N3O4. The molecule has 104 valence electrons. The lowest BCUT2D eigenvalue weighted by Crippen LogP contribution is -2.43. The predicted molar refractivity (Wildman–Crippen MR) is 68.5 cm³/mol. The summed E-state index contributed by atoms with van der Waals surface area (Å²) in [5, 5.41) is 14.2. The highest BCUT2D eigenvalue weighted by Gasteiger charge is 2.27. The summed E-state index contributed by atoms with van der Waals surface area (Å²) in [7, 11) is 1.46. The number of aromatic nitrogens is 1. The third-order valence-electron chi connectivity index (χ3n) is 3.24. The van der Waals surface area contributed by atoms with E-state index in [0.717, 1.165) is 13.0 Å². The van der Waals surface area contributed by atoms with Gasteiger partial charge in [-0.2, -0.15) is 4.98 Å². The number of rotatable bonds is 4. The van der Waals surface area contributed by atoms with Crippen molar-refractivity contribution in [2.24, 2.45) is 5.92 Å². The lowest BCUT2D eigenvalue weighted by atomic mass is 9.97. The predicted octanol–water partition coefficient (Wildman–Crippen LogP) is 1.38. The fourth-order valence-corrected chi connectivity index (χ4v) is 2.02. The fourth-order valence-electron chi connectivity index (χ4n) is 2.02. The summed E-state index contributed by atoms with van der Waals surface area (Å²) in [6.45, 7) is 3.67. The van der Waals surface area contributed by atoms with Crippen molar-refractivity contribution in [2.45, 2.75) is 19.4 Å². The van der Waals surface area contributed by atoms with Crippen LogP contribution < -0.4 is 14.8 Å². The molecule has 2 heterocycles. The largest absolute Gasteiger partial charge is 0.481 e. The molecule has 7 heteroatoms. The topological polar surface area (TPSA) is 86.5 Å². The number of hydrogen-bond donors (Lipinski definition) is 1. The Morgan fingerprint density at radius 3 is 2.95 bits per heavy atom. The van der Waals surface area contributed by atoms with Gasteiger partial charge in [0.25, 0.3) is 5.88 Å². The van der Waals surface area contributed by atoms with E-state index in [9.17, 15) is 10.1 Å². The van der Waals surface area contributed by atoms with Gasteiger partial charge in [-0.15, -0.1) is 0 Å². The lowest BCUT2D eigenvalue weighted by Gasteiger charge is -2.29. The molecule has 2 atom stereocenters. The quantitative estimate of drug-likeness (QED) is 0.655. The van der Waals surface area contributed by atoms with Crippen LogP contribution in [0, 0.1) is 16.0 Å². The molecule has 1 aliphatic heterocycles. The molecule has 19 heavy (non-hydrogen) atoms. The molecule has 0 aliphatic carbocycles. The van der Waals surface area contributed by atoms with Crippen LogP contribution in [0.4, 0.5) is 5.69 Å². The first-order chi connectivity index (χ1) is 9.11. The Hall–Kier alpha value is -1.89. The van der Waals surface area contributed by atoms with Gasteiger partial charge in [-0.25, -0.2) is 0 Å². The number of methoxy groups -OCH3 is 1. The Balaban J connectivity index is 2.23. The molecular weight excluding hydrogens is 250 g/mol. The maximum atomic E-state index is 11.0. The number of hydrogen-bond acceptors (Lipinski definition) is 6. The molecule has 0 spiro atoms. The minimum atomic E-state index is -0.497. The minimum Gasteiger partial charge on any atom is -0.481 e. The van der Waals surface area contributed by atoms with Crippen molar-refractivity contribution in [2.75, 3.05) is 20.2 Å². The summed E-state index contributed by atoms with van der Waals surface area (Å²) in [5.74, 6) is 0.649. The maximum absolute atomic E-state index is 11.0. The third-order valence-corrected chi connectivity index (χ3v) is 3.24. The molecule has 0 aromatic carbocycles. The number of pyridine rings is 1. The van der Waals surface area contributed by atoms with Gasteiger partial charge in [0, 0.05) is 18.7 Å². The smallest absolute Gasteiger partial charge is 0.331 e. The first-order valence-electron chi connectivity index (χ1n) is 6.18. The first-order valence-corrected chi connectivity index (χ1v) is 6.18. The zero-order chi connectivity index (χ0) is 13.8. The zero-order valence-corrected chi connectivity index (χ0v) is 11.0. The van der Waals surface area contributed by atoms with Crippen molar-refractivity contribution in [3.63, 3.8) is 0 Å². The van der Waals surface area contributed by atoms with Gasteiger partial charge >= 0.3 is 5.69 Å². The highest BCUT2D eigenvalue weighted by Crippen LogP contribution is 2.29. The van der Waals surface area contributed by atoms with Crippen LogP contribution in [0.15, 0.2) is 12.1 Å². The van der Waals surface area contributed by atoms with Crippen molar-refractivity contribution < 1.29 is 14.4 Å². The second-order valence-corrected chi connectivity index (χ2v) is 4.56. The highest BCUT2D eigenvalue weighted by atomic mass is 16.6. The van der Waals surface area contributed by atoms with Gasteiger partial charge in [-0.05, 0) is 18.9 Å². The summed E-state index contributed by atoms with van der Waals surface area (Å²) >= 11 is 0. The van der Waals surface area contributed by atoms with Crippen molar-refractivity contribution in [1.29, 1.82) is 0 Å². The van der Waals surface area contributed by atoms with E-state index in [1.807, 2.05) is 0 Å². The number of nitrogens with one attached hydrogen (secondary N) is 1. The van der Waals surface area contributed by atoms with Crippen LogP contribution in [0.1, 0.15) is 13.3 Å². The van der Waals surface area contributed by atoms with Crippen LogP contribution in [0.25, 0.3) is 0 Å². The Kier molecular flexibility index (Phi) is 4.16. The maximum Gasteiger partial charge on any atom is 0.331 e. The second-order valence-electron chi connectivity index (χ2n) is 4.56. The fraction of sp³-hybridized carbons (Fsp3) is 0.583. The van der Waals surface area contributed by atoms with Crippen LogP contribution in [0.3, 0.4) is 0 Å². The summed E-state index contributed by atoms with van der Waals surface area (Å²) in [6.07, 6.45) is 0.856. The van der Waals surface area contributed by atoms with E-state index in [2.05, 4.69) is 17.2 Å². The van der Waals surface area contributed by atoms with Gasteiger partial charge in [0.15, 0.2) is 0 Å². The molecule has 1 N–H and O–H groups in total. The first kappa shape index (κ1) is 13.5. The zero-order valence-electron chi connectivity index (χ0n) is 11.0. The summed E-state index contributed by atoms with van der Waals surface area (Å²) < 4.78 is 10.7. The van der Waals surface area contributed by atoms with Gasteiger partial charge in [0.1, 0.15) is 6.10 Å². The Labute approximate surface area is 111 Å². The average Bonchev–Trinajstić information content (AvgIpc) is 2.41. The molecule has 1 aromatic rings. The van der Waals surface area contributed by atoms with Gasteiger partial charge in [0.2, 0.25) is 5.88 Å². The molecule has 0 bridgehead atoms. The molecule has 2 unspecified atom stereocenters. The van der Waals surface area contributed by atoms with Crippen LogP contribution in [-0.4, -0.2) is 36.2 Å². The molecule has 1 fully saturated rings. The van der Waals surface area contributed by atoms with E-state index in [-0.39, 0.29) is 17.7 Å². The Morgan fingerprint density at radius 2 is 2.32 bits per heavy atom. The molecule has 1 aliphatic rings. The minimum absolute atomic E-state index is 0.0184. The number of ether oxygens (including phenoxy) is 2. The van der Waals surface area contributed by atoms with E-state index in [1.54, 1.807) is 0 Å². The molecule has 1 saturated heterocycles. The SMILES string of the molecule is COc1ccc([N+](=O)[O-])c(OC2CNCCC2C)n1. The van der Waals surface area contributed by atoms with E-state index in [1.165, 1.54) is 19.2 Å². The molecule has 7 nitrogen and oxygen atoms in total. The lowest BCUT2D eigenvalue weighted by molar-refractivity contribution is -0.386. The average molecular weight is 267 g/mol. The normalized spacial score (nSPS) is 22.8. The Bertz CT molecular complexity index is 466. The van der Waals surface area contributed by atoms with E-state index >= 15 is 0 Å². The summed E-state index contributed by atoms with van der Waals surface area (Å²) in [4.78, 5) is 14.5. The number of nitro groups is 1. The van der Waals surface area contributed by atoms with E-state index in [0.29, 0.717) is 18.3 Å². The molecule has 1 aromatic heterocycles. The molecule has 0 saturated carbocycles. The number of nitrogens with zero attached hydrogens (tertiary/aromatic N) is 2. The van der Waals surface area contributed by atoms with Crippen molar-refractivity contribution in [3.05, 3.63) is 22.2 Å². The van der Waals surface area contributed by atoms with Crippen LogP contribution in [0.2, 0.25) is 0 Å². The van der Waals surface area contributed by atoms with Crippen LogP contribution in [-0.2, 0) is 0 Å². The Morgan fingerprint density at radius 1 is 1.53 bits per heavy atom. The van der Waals surface area contributed by atoms with Gasteiger partial charge in [-0.3, -0.25) is 10.1 Å². The monoisotopic (exact) mass is 267 g/mol. The molecule has 0 radical (unpaired) electrons. The molecule has 0 amide bonds. The molecule has 2 rings (SSSR count). The van der Waals surface area contributed by atoms with Crippen molar-refractivity contribution in [1.82, 2.24) is 10.3 Å². The van der Waals surface area contributed by atoms with Gasteiger partial charge in [-0.1, -0.05) is 6.92 Å². The van der Waals surface area contributed by atoms with Gasteiger partial charge in [0.05, 0.1) is 12.0 Å². The van der Waals surface area contributed by atoms with Crippen molar-refractivity contribution in [3.8, 4) is 11.8 Å². The van der Waals surface area contributed by atoms with Crippen molar-refractivity contribution >= 4 is 5.69 Å². The standard InChI is InChI=1S/C12H17N3O4/c1-8-5-6-13-7-10(8)19-12-9(15(16)17)3-4-11(14-12)18-2/h3-4,8,10,13H,5-7H2,1-2H3.